The van der Waals surface area contributed by atoms with E-state index in [9.17, 15) is 13.2 Å². The molecule has 0 spiro atoms. The van der Waals surface area contributed by atoms with Gasteiger partial charge in [0.1, 0.15) is 5.69 Å². The first kappa shape index (κ1) is 13.8. The second kappa shape index (κ2) is 5.37. The first-order valence-electron chi connectivity index (χ1n) is 4.92. The quantitative estimate of drug-likeness (QED) is 0.765. The fraction of sp³-hybridized carbons (Fsp3) is 0.444. The van der Waals surface area contributed by atoms with Gasteiger partial charge in [-0.25, -0.2) is 4.98 Å². The number of nitrogens with zero attached hydrogens (tertiary/aromatic N) is 1. The van der Waals surface area contributed by atoms with Crippen LogP contribution in [0, 0.1) is 0 Å². The lowest BCUT2D eigenvalue weighted by Gasteiger charge is -2.11. The molecular formula is C9H11BF3NO3. The van der Waals surface area contributed by atoms with Crippen molar-refractivity contribution in [2.24, 2.45) is 0 Å². The number of halogens is 3. The molecule has 0 aromatic carbocycles. The van der Waals surface area contributed by atoms with Crippen molar-refractivity contribution in [1.82, 2.24) is 4.98 Å². The summed E-state index contributed by atoms with van der Waals surface area (Å²) in [6.07, 6.45) is -4.05. The third-order valence-electron chi connectivity index (χ3n) is 1.87. The van der Waals surface area contributed by atoms with Crippen molar-refractivity contribution in [2.75, 3.05) is 6.61 Å². The number of pyridine rings is 1. The summed E-state index contributed by atoms with van der Waals surface area (Å²) >= 11 is 0. The van der Waals surface area contributed by atoms with Gasteiger partial charge in [0.05, 0.1) is 6.61 Å². The highest BCUT2D eigenvalue weighted by Gasteiger charge is 2.34. The topological polar surface area (TPSA) is 62.6 Å². The largest absolute Gasteiger partial charge is 0.488 e. The van der Waals surface area contributed by atoms with Gasteiger partial charge in [-0.1, -0.05) is 6.92 Å². The van der Waals surface area contributed by atoms with Gasteiger partial charge in [-0.05, 0) is 17.9 Å². The van der Waals surface area contributed by atoms with Crippen LogP contribution in [0.15, 0.2) is 12.1 Å². The van der Waals surface area contributed by atoms with Crippen molar-refractivity contribution in [3.8, 4) is 5.88 Å². The molecule has 1 aromatic rings. The maximum Gasteiger partial charge on any atom is 0.488 e. The fourth-order valence-corrected chi connectivity index (χ4v) is 1.10. The summed E-state index contributed by atoms with van der Waals surface area (Å²) in [7, 11) is -2.00. The summed E-state index contributed by atoms with van der Waals surface area (Å²) in [4.78, 5) is 3.26. The molecule has 0 unspecified atom stereocenters. The van der Waals surface area contributed by atoms with E-state index in [2.05, 4.69) is 4.98 Å². The minimum atomic E-state index is -4.66. The highest BCUT2D eigenvalue weighted by atomic mass is 19.4. The van der Waals surface area contributed by atoms with Crippen LogP contribution in [0.1, 0.15) is 19.0 Å². The average molecular weight is 249 g/mol. The predicted molar refractivity (Wildman–Crippen MR) is 54.9 cm³/mol. The van der Waals surface area contributed by atoms with Gasteiger partial charge in [0.15, 0.2) is 0 Å². The molecule has 1 rings (SSSR count). The maximum atomic E-state index is 12.5. The Kier molecular flexibility index (Phi) is 4.36. The van der Waals surface area contributed by atoms with Crippen molar-refractivity contribution in [3.63, 3.8) is 0 Å². The predicted octanol–water partition coefficient (Wildman–Crippen LogP) is 0.569. The standard InChI is InChI=1S/C9H11BF3NO3/c1-2-3-17-8-5-6(10(15)16)4-7(14-8)9(11,12)13/h4-5,15-16H,2-3H2,1H3. The minimum Gasteiger partial charge on any atom is -0.478 e. The van der Waals surface area contributed by atoms with E-state index in [-0.39, 0.29) is 17.9 Å². The Morgan fingerprint density at radius 1 is 1.35 bits per heavy atom. The van der Waals surface area contributed by atoms with Crippen LogP contribution in [-0.2, 0) is 6.18 Å². The molecule has 0 radical (unpaired) electrons. The molecule has 17 heavy (non-hydrogen) atoms. The maximum absolute atomic E-state index is 12.5. The zero-order chi connectivity index (χ0) is 13.1. The van der Waals surface area contributed by atoms with Crippen LogP contribution in [0.5, 0.6) is 5.88 Å². The normalized spacial score (nSPS) is 11.4. The summed E-state index contributed by atoms with van der Waals surface area (Å²) in [6.45, 7) is 1.99. The van der Waals surface area contributed by atoms with Gasteiger partial charge in [0.25, 0.3) is 0 Å². The van der Waals surface area contributed by atoms with Gasteiger partial charge in [-0.2, -0.15) is 13.2 Å². The summed E-state index contributed by atoms with van der Waals surface area (Å²) in [6, 6.07) is 1.64. The lowest BCUT2D eigenvalue weighted by molar-refractivity contribution is -0.141. The lowest BCUT2D eigenvalue weighted by atomic mass is 9.80. The molecule has 94 valence electrons. The van der Waals surface area contributed by atoms with Crippen LogP contribution >= 0.6 is 0 Å². The third kappa shape index (κ3) is 3.90. The summed E-state index contributed by atoms with van der Waals surface area (Å²) in [5, 5.41) is 17.7. The Morgan fingerprint density at radius 2 is 2.00 bits per heavy atom. The van der Waals surface area contributed by atoms with Crippen molar-refractivity contribution in [3.05, 3.63) is 17.8 Å². The van der Waals surface area contributed by atoms with E-state index in [1.807, 2.05) is 0 Å². The van der Waals surface area contributed by atoms with E-state index >= 15 is 0 Å². The monoisotopic (exact) mass is 249 g/mol. The van der Waals surface area contributed by atoms with Crippen LogP contribution in [0.3, 0.4) is 0 Å². The molecule has 0 fully saturated rings. The number of ether oxygens (including phenoxy) is 1. The highest BCUT2D eigenvalue weighted by Crippen LogP contribution is 2.28. The van der Waals surface area contributed by atoms with Crippen molar-refractivity contribution < 1.29 is 28.0 Å². The number of rotatable bonds is 4. The van der Waals surface area contributed by atoms with Gasteiger partial charge < -0.3 is 14.8 Å². The number of alkyl halides is 3. The lowest BCUT2D eigenvalue weighted by Crippen LogP contribution is -2.31. The van der Waals surface area contributed by atoms with Crippen LogP contribution in [-0.4, -0.2) is 28.8 Å². The van der Waals surface area contributed by atoms with Crippen LogP contribution in [0.25, 0.3) is 0 Å². The SMILES string of the molecule is CCCOc1cc(B(O)O)cc(C(F)(F)F)n1. The molecule has 0 aliphatic rings. The molecule has 0 saturated heterocycles. The molecular weight excluding hydrogens is 238 g/mol. The second-order valence-corrected chi connectivity index (χ2v) is 3.34. The Bertz CT molecular complexity index is 384. The minimum absolute atomic E-state index is 0.204. The Balaban J connectivity index is 3.10. The van der Waals surface area contributed by atoms with Gasteiger partial charge in [-0.15, -0.1) is 0 Å². The van der Waals surface area contributed by atoms with Gasteiger partial charge >= 0.3 is 13.3 Å². The first-order valence-corrected chi connectivity index (χ1v) is 4.92. The molecule has 0 bridgehead atoms. The molecule has 0 saturated carbocycles. The zero-order valence-electron chi connectivity index (χ0n) is 9.03. The molecule has 0 aliphatic heterocycles. The number of hydrogen-bond donors (Lipinski definition) is 2. The Morgan fingerprint density at radius 3 is 2.47 bits per heavy atom. The van der Waals surface area contributed by atoms with E-state index in [1.165, 1.54) is 0 Å². The summed E-state index contributed by atoms with van der Waals surface area (Å²) in [5.41, 5.74) is -1.52. The van der Waals surface area contributed by atoms with Crippen molar-refractivity contribution >= 4 is 12.6 Å². The van der Waals surface area contributed by atoms with E-state index in [4.69, 9.17) is 14.8 Å². The molecule has 4 nitrogen and oxygen atoms in total. The molecule has 8 heteroatoms. The second-order valence-electron chi connectivity index (χ2n) is 3.34. The van der Waals surface area contributed by atoms with E-state index in [0.717, 1.165) is 6.07 Å². The molecule has 0 atom stereocenters. The van der Waals surface area contributed by atoms with Crippen LogP contribution in [0.4, 0.5) is 13.2 Å². The average Bonchev–Trinajstić information content (AvgIpc) is 2.24. The summed E-state index contributed by atoms with van der Waals surface area (Å²) < 4.78 is 42.3. The van der Waals surface area contributed by atoms with Gasteiger partial charge in [-0.3, -0.25) is 0 Å². The zero-order valence-corrected chi connectivity index (χ0v) is 9.03. The van der Waals surface area contributed by atoms with E-state index < -0.39 is 19.0 Å². The summed E-state index contributed by atoms with van der Waals surface area (Å²) in [5.74, 6) is -0.273. The Hall–Kier alpha value is -1.28. The van der Waals surface area contributed by atoms with E-state index in [1.54, 1.807) is 6.92 Å². The molecule has 2 N–H and O–H groups in total. The number of aromatic nitrogens is 1. The fourth-order valence-electron chi connectivity index (χ4n) is 1.10. The number of hydrogen-bond acceptors (Lipinski definition) is 4. The van der Waals surface area contributed by atoms with Crippen molar-refractivity contribution in [2.45, 2.75) is 19.5 Å². The molecule has 0 amide bonds. The van der Waals surface area contributed by atoms with Gasteiger partial charge in [0.2, 0.25) is 5.88 Å². The first-order chi connectivity index (χ1) is 7.84. The van der Waals surface area contributed by atoms with Crippen LogP contribution in [0.2, 0.25) is 0 Å². The molecule has 0 aliphatic carbocycles. The highest BCUT2D eigenvalue weighted by molar-refractivity contribution is 6.58. The smallest absolute Gasteiger partial charge is 0.478 e. The van der Waals surface area contributed by atoms with Gasteiger partial charge in [0, 0.05) is 6.07 Å². The van der Waals surface area contributed by atoms with Crippen LogP contribution < -0.4 is 10.2 Å². The van der Waals surface area contributed by atoms with Crippen molar-refractivity contribution in [1.29, 1.82) is 0 Å². The Labute approximate surface area is 96.2 Å². The molecule has 1 heterocycles. The molecule has 1 aromatic heterocycles. The van der Waals surface area contributed by atoms with E-state index in [0.29, 0.717) is 12.5 Å². The third-order valence-corrected chi connectivity index (χ3v) is 1.87.